The number of benzene rings is 2. The number of halogens is 4. The highest BCUT2D eigenvalue weighted by atomic mass is 35.5. The van der Waals surface area contributed by atoms with Gasteiger partial charge in [-0.25, -0.2) is 13.2 Å². The second-order valence-corrected chi connectivity index (χ2v) is 7.59. The van der Waals surface area contributed by atoms with Crippen molar-refractivity contribution in [2.24, 2.45) is 0 Å². The maximum absolute atomic E-state index is 13.8. The topological polar surface area (TPSA) is 38.0 Å². The number of anilines is 1. The fourth-order valence-corrected chi connectivity index (χ4v) is 3.73. The Bertz CT molecular complexity index is 857. The summed E-state index contributed by atoms with van der Waals surface area (Å²) in [5.41, 5.74) is 0.825. The molecule has 3 N–H and O–H groups in total. The number of hydrogen-bond donors (Lipinski definition) is 3. The van der Waals surface area contributed by atoms with Crippen LogP contribution in [-0.4, -0.2) is 38.1 Å². The summed E-state index contributed by atoms with van der Waals surface area (Å²) >= 11 is 6.03. The Labute approximate surface area is 166 Å². The molecule has 1 amide bonds. The lowest BCUT2D eigenvalue weighted by molar-refractivity contribution is -1.02. The highest BCUT2D eigenvalue weighted by Crippen LogP contribution is 2.19. The molecular weight excluding hydrogens is 391 g/mol. The molecule has 1 atom stereocenters. The maximum Gasteiger partial charge on any atom is 0.282 e. The lowest BCUT2D eigenvalue weighted by Gasteiger charge is -2.32. The van der Waals surface area contributed by atoms with Crippen LogP contribution >= 0.6 is 11.6 Å². The van der Waals surface area contributed by atoms with Crippen molar-refractivity contribution < 1.29 is 27.8 Å². The van der Waals surface area contributed by atoms with Crippen LogP contribution < -0.4 is 15.1 Å². The van der Waals surface area contributed by atoms with E-state index in [4.69, 9.17) is 11.6 Å². The summed E-state index contributed by atoms with van der Waals surface area (Å²) in [7, 11) is 0. The molecule has 8 heteroatoms. The van der Waals surface area contributed by atoms with Gasteiger partial charge in [0.05, 0.1) is 5.69 Å². The Morgan fingerprint density at radius 1 is 1.11 bits per heavy atom. The molecule has 0 aromatic heterocycles. The van der Waals surface area contributed by atoms with E-state index >= 15 is 0 Å². The molecular formula is C20H23ClF3N3O+2. The average Bonchev–Trinajstić information content (AvgIpc) is 2.68. The fraction of sp³-hybridized carbons (Fsp3) is 0.350. The molecule has 2 aromatic carbocycles. The van der Waals surface area contributed by atoms with E-state index in [2.05, 4.69) is 5.32 Å². The van der Waals surface area contributed by atoms with Gasteiger partial charge in [-0.2, -0.15) is 0 Å². The van der Waals surface area contributed by atoms with E-state index < -0.39 is 29.4 Å². The second-order valence-electron chi connectivity index (χ2n) is 7.15. The number of hydrogen-bond acceptors (Lipinski definition) is 1. The first kappa shape index (κ1) is 20.6. The van der Waals surface area contributed by atoms with Gasteiger partial charge in [0.15, 0.2) is 23.5 Å². The van der Waals surface area contributed by atoms with Crippen LogP contribution in [-0.2, 0) is 11.3 Å². The minimum atomic E-state index is -1.59. The Morgan fingerprint density at radius 2 is 1.82 bits per heavy atom. The van der Waals surface area contributed by atoms with Crippen LogP contribution in [0.5, 0.6) is 0 Å². The molecule has 1 aliphatic heterocycles. The summed E-state index contributed by atoms with van der Waals surface area (Å²) < 4.78 is 40.1. The van der Waals surface area contributed by atoms with E-state index in [-0.39, 0.29) is 5.69 Å². The Balaban J connectivity index is 1.54. The highest BCUT2D eigenvalue weighted by molar-refractivity contribution is 6.30. The molecule has 28 heavy (non-hydrogen) atoms. The van der Waals surface area contributed by atoms with Gasteiger partial charge in [0, 0.05) is 10.6 Å². The molecule has 1 aliphatic rings. The monoisotopic (exact) mass is 413 g/mol. The number of piperazine rings is 1. The van der Waals surface area contributed by atoms with Crippen molar-refractivity contribution >= 4 is 23.2 Å². The van der Waals surface area contributed by atoms with Crippen LogP contribution in [0.1, 0.15) is 12.5 Å². The van der Waals surface area contributed by atoms with Crippen LogP contribution in [0, 0.1) is 17.5 Å². The Morgan fingerprint density at radius 3 is 2.50 bits per heavy atom. The van der Waals surface area contributed by atoms with Crippen LogP contribution in [0.4, 0.5) is 18.9 Å². The van der Waals surface area contributed by atoms with Gasteiger partial charge in [-0.05, 0) is 31.2 Å². The first-order valence-electron chi connectivity index (χ1n) is 9.22. The maximum atomic E-state index is 13.8. The van der Waals surface area contributed by atoms with Crippen molar-refractivity contribution in [2.75, 3.05) is 31.5 Å². The van der Waals surface area contributed by atoms with Gasteiger partial charge < -0.3 is 15.1 Å². The fourth-order valence-electron chi connectivity index (χ4n) is 3.52. The van der Waals surface area contributed by atoms with Crippen LogP contribution in [0.25, 0.3) is 0 Å². The van der Waals surface area contributed by atoms with Gasteiger partial charge >= 0.3 is 0 Å². The lowest BCUT2D eigenvalue weighted by atomic mass is 10.1. The predicted molar refractivity (Wildman–Crippen MR) is 101 cm³/mol. The Kier molecular flexibility index (Phi) is 6.59. The molecule has 0 bridgehead atoms. The van der Waals surface area contributed by atoms with E-state index in [9.17, 15) is 18.0 Å². The zero-order chi connectivity index (χ0) is 20.3. The molecule has 4 nitrogen and oxygen atoms in total. The summed E-state index contributed by atoms with van der Waals surface area (Å²) in [5.74, 6) is -4.67. The molecule has 3 rings (SSSR count). The van der Waals surface area contributed by atoms with Gasteiger partial charge in [0.1, 0.15) is 32.7 Å². The third-order valence-corrected chi connectivity index (χ3v) is 5.48. The molecule has 1 fully saturated rings. The Hall–Kier alpha value is -2.09. The first-order chi connectivity index (χ1) is 13.3. The standard InChI is InChI=1S/C20H21ClF3N3O/c1-13(20(28)25-17-6-5-16(22)18(23)19(17)24)27-9-7-26(8-10-27)12-14-3-2-4-15(21)11-14/h2-6,11,13H,7-10,12H2,1H3,(H,25,28)/p+2/t13-/m1/s1. The normalized spacial score (nSPS) is 20.6. The van der Waals surface area contributed by atoms with Crippen LogP contribution in [0.2, 0.25) is 5.02 Å². The van der Waals surface area contributed by atoms with E-state index in [1.807, 2.05) is 24.3 Å². The van der Waals surface area contributed by atoms with Gasteiger partial charge in [0.2, 0.25) is 0 Å². The molecule has 1 heterocycles. The summed E-state index contributed by atoms with van der Waals surface area (Å²) in [4.78, 5) is 14.9. The van der Waals surface area contributed by atoms with Gasteiger partial charge in [0.25, 0.3) is 5.91 Å². The van der Waals surface area contributed by atoms with Gasteiger partial charge in [-0.3, -0.25) is 4.79 Å². The van der Waals surface area contributed by atoms with Crippen LogP contribution in [0.3, 0.4) is 0 Å². The van der Waals surface area contributed by atoms with Crippen LogP contribution in [0.15, 0.2) is 36.4 Å². The third-order valence-electron chi connectivity index (χ3n) is 5.24. The summed E-state index contributed by atoms with van der Waals surface area (Å²) in [6, 6.07) is 9.18. The molecule has 0 saturated carbocycles. The summed E-state index contributed by atoms with van der Waals surface area (Å²) in [5, 5.41) is 3.09. The van der Waals surface area contributed by atoms with E-state index in [0.717, 1.165) is 54.8 Å². The number of carbonyl (C=O) groups excluding carboxylic acids is 1. The number of nitrogens with one attached hydrogen (secondary N) is 3. The van der Waals surface area contributed by atoms with Gasteiger partial charge in [-0.15, -0.1) is 0 Å². The summed E-state index contributed by atoms with van der Waals surface area (Å²) in [6.45, 7) is 5.96. The van der Waals surface area contributed by atoms with Crippen molar-refractivity contribution in [1.29, 1.82) is 0 Å². The highest BCUT2D eigenvalue weighted by Gasteiger charge is 2.31. The van der Waals surface area contributed by atoms with Crippen molar-refractivity contribution in [3.8, 4) is 0 Å². The van der Waals surface area contributed by atoms with Crippen molar-refractivity contribution in [3.05, 3.63) is 64.4 Å². The van der Waals surface area contributed by atoms with Crippen molar-refractivity contribution in [3.63, 3.8) is 0 Å². The quantitative estimate of drug-likeness (QED) is 0.630. The smallest absolute Gasteiger partial charge is 0.282 e. The number of carbonyl (C=O) groups is 1. The molecule has 0 aliphatic carbocycles. The molecule has 0 spiro atoms. The first-order valence-corrected chi connectivity index (χ1v) is 9.60. The molecule has 150 valence electrons. The second kappa shape index (κ2) is 8.94. The third kappa shape index (κ3) is 4.84. The average molecular weight is 414 g/mol. The van der Waals surface area contributed by atoms with Crippen molar-refractivity contribution in [2.45, 2.75) is 19.5 Å². The minimum absolute atomic E-state index is 0.347. The zero-order valence-electron chi connectivity index (χ0n) is 15.5. The zero-order valence-corrected chi connectivity index (χ0v) is 16.3. The predicted octanol–water partition coefficient (Wildman–Crippen LogP) is 1.07. The molecule has 1 saturated heterocycles. The van der Waals surface area contributed by atoms with E-state index in [0.29, 0.717) is 0 Å². The lowest BCUT2D eigenvalue weighted by Crippen LogP contribution is -3.29. The number of rotatable bonds is 5. The van der Waals surface area contributed by atoms with E-state index in [1.54, 1.807) is 6.92 Å². The van der Waals surface area contributed by atoms with Crippen molar-refractivity contribution in [1.82, 2.24) is 0 Å². The van der Waals surface area contributed by atoms with E-state index in [1.165, 1.54) is 10.5 Å². The number of amides is 1. The van der Waals surface area contributed by atoms with Gasteiger partial charge in [-0.1, -0.05) is 23.7 Å². The minimum Gasteiger partial charge on any atom is -0.322 e. The summed E-state index contributed by atoms with van der Waals surface area (Å²) in [6.07, 6.45) is 0. The number of quaternary nitrogens is 2. The largest absolute Gasteiger partial charge is 0.322 e. The molecule has 0 unspecified atom stereocenters. The SMILES string of the molecule is C[C@H](C(=O)Nc1ccc(F)c(F)c1F)[NH+]1CC[NH+](Cc2cccc(Cl)c2)CC1. The molecule has 0 radical (unpaired) electrons. The molecule has 2 aromatic rings.